The molecule has 3 heterocycles. The fourth-order valence-electron chi connectivity index (χ4n) is 5.24. The monoisotopic (exact) mass is 600 g/mol. The Kier molecular flexibility index (Phi) is 11.2. The third-order valence-electron chi connectivity index (χ3n) is 7.80. The number of ether oxygens (including phenoxy) is 5. The van der Waals surface area contributed by atoms with E-state index in [0.717, 1.165) is 0 Å². The van der Waals surface area contributed by atoms with E-state index in [2.05, 4.69) is 10.0 Å². The van der Waals surface area contributed by atoms with Crippen molar-refractivity contribution < 1.29 is 69.6 Å². The molecule has 41 heavy (non-hydrogen) atoms. The van der Waals surface area contributed by atoms with Gasteiger partial charge in [-0.15, -0.1) is 0 Å². The first kappa shape index (κ1) is 34.1. The van der Waals surface area contributed by atoms with Gasteiger partial charge in [-0.2, -0.15) is 0 Å². The molecule has 0 bridgehead atoms. The third-order valence-corrected chi connectivity index (χ3v) is 7.80. The van der Waals surface area contributed by atoms with E-state index in [1.807, 2.05) is 0 Å². The number of hydrogen-bond donors (Lipinski definition) is 12. The molecule has 0 aromatic carbocycles. The highest BCUT2D eigenvalue weighted by molar-refractivity contribution is 5.14. The van der Waals surface area contributed by atoms with Crippen molar-refractivity contribution in [3.05, 3.63) is 10.4 Å². The second-order valence-corrected chi connectivity index (χ2v) is 10.2. The predicted molar refractivity (Wildman–Crippen MR) is 130 cm³/mol. The van der Waals surface area contributed by atoms with Crippen LogP contribution in [-0.2, 0) is 23.7 Å². The number of aliphatic hydroxyl groups excluding tert-OH is 8. The average molecular weight is 601 g/mol. The summed E-state index contributed by atoms with van der Waals surface area (Å²) in [5.41, 5.74) is 21.3. The van der Waals surface area contributed by atoms with Crippen LogP contribution in [0.15, 0.2) is 5.11 Å². The van der Waals surface area contributed by atoms with Crippen LogP contribution in [-0.4, -0.2) is 163 Å². The average Bonchev–Trinajstić information content (AvgIpc) is 2.96. The molecule has 16 atom stereocenters. The lowest BCUT2D eigenvalue weighted by molar-refractivity contribution is -0.388. The first-order valence-electron chi connectivity index (χ1n) is 12.9. The summed E-state index contributed by atoms with van der Waals surface area (Å²) in [6, 6.07) is -4.51. The van der Waals surface area contributed by atoms with Crippen molar-refractivity contribution in [1.82, 2.24) is 0 Å². The van der Waals surface area contributed by atoms with E-state index in [9.17, 15) is 46.0 Å². The molecule has 238 valence electrons. The van der Waals surface area contributed by atoms with Crippen molar-refractivity contribution in [2.24, 2.45) is 22.3 Å². The van der Waals surface area contributed by atoms with Gasteiger partial charge in [0.05, 0.1) is 44.1 Å². The molecule has 3 aliphatic heterocycles. The van der Waals surface area contributed by atoms with Crippen LogP contribution in [0.1, 0.15) is 13.3 Å². The molecule has 0 spiro atoms. The van der Waals surface area contributed by atoms with Crippen molar-refractivity contribution in [2.75, 3.05) is 19.8 Å². The van der Waals surface area contributed by atoms with Crippen molar-refractivity contribution in [3.63, 3.8) is 0 Å². The van der Waals surface area contributed by atoms with E-state index in [-0.39, 0.29) is 6.42 Å². The van der Waals surface area contributed by atoms with Gasteiger partial charge in [-0.25, -0.2) is 0 Å². The SMILES string of the molecule is CCC(O)[C@@]1(CO)O[C@H](OC2[C@@H](CO)O[C@@H](OC3[C@@H](CO)O[C@@H](O)[C@H](N)[C@H]3O)[C@H](N)[C@H]2O)[C@H](N)[C@@H](O)[C@@]1(O)N=[N+]=[N-]. The zero-order valence-corrected chi connectivity index (χ0v) is 22.1. The van der Waals surface area contributed by atoms with Crippen LogP contribution >= 0.6 is 0 Å². The van der Waals surface area contributed by atoms with E-state index in [1.165, 1.54) is 6.92 Å². The molecular formula is C21H40N6O14. The van der Waals surface area contributed by atoms with Gasteiger partial charge in [-0.1, -0.05) is 12.0 Å². The van der Waals surface area contributed by atoms with Crippen molar-refractivity contribution >= 4 is 0 Å². The molecule has 0 aliphatic carbocycles. The summed E-state index contributed by atoms with van der Waals surface area (Å²) in [5, 5.41) is 96.8. The Morgan fingerprint density at radius 2 is 1.44 bits per heavy atom. The van der Waals surface area contributed by atoms with E-state index in [4.69, 9.17) is 46.4 Å². The Hall–Kier alpha value is -1.37. The number of azide groups is 1. The molecule has 0 radical (unpaired) electrons. The zero-order chi connectivity index (χ0) is 30.9. The van der Waals surface area contributed by atoms with Gasteiger partial charge in [0.15, 0.2) is 24.5 Å². The Labute approximate surface area is 233 Å². The third kappa shape index (κ3) is 5.91. The quantitative estimate of drug-likeness (QED) is 0.0629. The van der Waals surface area contributed by atoms with Crippen LogP contribution in [0.4, 0.5) is 0 Å². The Balaban J connectivity index is 1.85. The largest absolute Gasteiger partial charge is 0.394 e. The van der Waals surface area contributed by atoms with Crippen molar-refractivity contribution in [1.29, 1.82) is 0 Å². The highest BCUT2D eigenvalue weighted by Crippen LogP contribution is 2.43. The smallest absolute Gasteiger partial charge is 0.205 e. The van der Waals surface area contributed by atoms with Gasteiger partial charge in [0, 0.05) is 4.91 Å². The van der Waals surface area contributed by atoms with E-state index < -0.39 is 117 Å². The molecule has 15 N–H and O–H groups in total. The minimum Gasteiger partial charge on any atom is -0.394 e. The topological polar surface area (TPSA) is 355 Å². The summed E-state index contributed by atoms with van der Waals surface area (Å²) >= 11 is 0. The lowest BCUT2D eigenvalue weighted by Gasteiger charge is -2.56. The fourth-order valence-corrected chi connectivity index (χ4v) is 5.24. The summed E-state index contributed by atoms with van der Waals surface area (Å²) < 4.78 is 27.9. The molecule has 3 unspecified atom stereocenters. The first-order valence-corrected chi connectivity index (χ1v) is 12.9. The number of nitrogens with two attached hydrogens (primary N) is 3. The molecule has 3 rings (SSSR count). The standard InChI is InChI=1S/C21H40N6O14/c1-2-8(31)20(5-30)21(36,26-27-25)16(34)11(24)19(41-20)40-15-7(4-29)38-18(10(23)13(15)33)39-14-6(3-28)37-17(35)9(22)12(14)32/h6-19,28-36H,2-5,22-24H2,1H3/t6-,7-,8?,9-,10-,11-,12-,13-,14?,15?,16-,17-,18+,19+,20-,21+/m1/s1. The van der Waals surface area contributed by atoms with Gasteiger partial charge in [-0.3, -0.25) is 0 Å². The zero-order valence-electron chi connectivity index (χ0n) is 22.1. The van der Waals surface area contributed by atoms with Crippen LogP contribution in [0, 0.1) is 0 Å². The van der Waals surface area contributed by atoms with E-state index in [0.29, 0.717) is 0 Å². The van der Waals surface area contributed by atoms with Gasteiger partial charge >= 0.3 is 0 Å². The normalized spacial score (nSPS) is 49.7. The minimum absolute atomic E-state index is 0.164. The summed E-state index contributed by atoms with van der Waals surface area (Å²) in [7, 11) is 0. The summed E-state index contributed by atoms with van der Waals surface area (Å²) in [4.78, 5) is 2.47. The first-order chi connectivity index (χ1) is 19.3. The second-order valence-electron chi connectivity index (χ2n) is 10.2. The van der Waals surface area contributed by atoms with Gasteiger partial charge in [-0.05, 0) is 12.0 Å². The highest BCUT2D eigenvalue weighted by Gasteiger charge is 2.67. The maximum absolute atomic E-state index is 11.1. The van der Waals surface area contributed by atoms with Crippen LogP contribution in [0.2, 0.25) is 0 Å². The summed E-state index contributed by atoms with van der Waals surface area (Å²) in [6.07, 6.45) is -18.0. The molecule has 3 saturated heterocycles. The summed E-state index contributed by atoms with van der Waals surface area (Å²) in [6.45, 7) is -1.27. The van der Waals surface area contributed by atoms with Gasteiger partial charge in [0.1, 0.15) is 42.7 Å². The van der Waals surface area contributed by atoms with Crippen LogP contribution in [0.25, 0.3) is 10.4 Å². The van der Waals surface area contributed by atoms with E-state index in [1.54, 1.807) is 0 Å². The Bertz CT molecular complexity index is 918. The van der Waals surface area contributed by atoms with Crippen LogP contribution in [0.5, 0.6) is 0 Å². The molecule has 20 nitrogen and oxygen atoms in total. The lowest BCUT2D eigenvalue weighted by Crippen LogP contribution is -2.78. The predicted octanol–water partition coefficient (Wildman–Crippen LogP) is -6.89. The van der Waals surface area contributed by atoms with Gasteiger partial charge in [0.25, 0.3) is 0 Å². The molecule has 20 heteroatoms. The number of hydrogen-bond acceptors (Lipinski definition) is 18. The highest BCUT2D eigenvalue weighted by atomic mass is 16.7. The van der Waals surface area contributed by atoms with Gasteiger partial charge in [0.2, 0.25) is 5.72 Å². The Morgan fingerprint density at radius 1 is 0.902 bits per heavy atom. The number of rotatable bonds is 10. The molecule has 3 fully saturated rings. The second kappa shape index (κ2) is 13.5. The Morgan fingerprint density at radius 3 is 1.95 bits per heavy atom. The van der Waals surface area contributed by atoms with E-state index >= 15 is 0 Å². The lowest BCUT2D eigenvalue weighted by atomic mass is 9.76. The molecular weight excluding hydrogens is 560 g/mol. The molecule has 0 saturated carbocycles. The minimum atomic E-state index is -2.96. The maximum Gasteiger partial charge on any atom is 0.205 e. The molecule has 0 amide bonds. The fraction of sp³-hybridized carbons (Fsp3) is 1.00. The number of aliphatic hydroxyl groups is 9. The van der Waals surface area contributed by atoms with Crippen LogP contribution in [0.3, 0.4) is 0 Å². The molecule has 0 aromatic rings. The molecule has 3 aliphatic rings. The maximum atomic E-state index is 11.1. The van der Waals surface area contributed by atoms with Crippen LogP contribution < -0.4 is 17.2 Å². The van der Waals surface area contributed by atoms with Crippen molar-refractivity contribution in [2.45, 2.75) is 110 Å². The summed E-state index contributed by atoms with van der Waals surface area (Å²) in [5.74, 6) is 0. The van der Waals surface area contributed by atoms with Crippen molar-refractivity contribution in [3.8, 4) is 0 Å². The van der Waals surface area contributed by atoms with Gasteiger partial charge < -0.3 is 86.8 Å². The number of nitrogens with zero attached hydrogens (tertiary/aromatic N) is 3. The molecule has 0 aromatic heterocycles.